The maximum Gasteiger partial charge on any atom is 0.262 e. The van der Waals surface area contributed by atoms with Crippen LogP contribution in [0, 0.1) is 0 Å². The van der Waals surface area contributed by atoms with E-state index >= 15 is 0 Å². The van der Waals surface area contributed by atoms with Crippen molar-refractivity contribution < 1.29 is 19.2 Å². The van der Waals surface area contributed by atoms with Gasteiger partial charge in [-0.2, -0.15) is 0 Å². The number of rotatable bonds is 4. The molecule has 22 heavy (non-hydrogen) atoms. The van der Waals surface area contributed by atoms with E-state index in [0.717, 1.165) is 18.6 Å². The highest BCUT2D eigenvalue weighted by molar-refractivity contribution is 5.99. The van der Waals surface area contributed by atoms with Gasteiger partial charge in [0.2, 0.25) is 0 Å². The topological polar surface area (TPSA) is 89.0 Å². The van der Waals surface area contributed by atoms with Crippen molar-refractivity contribution in [1.82, 2.24) is 5.32 Å². The summed E-state index contributed by atoms with van der Waals surface area (Å²) >= 11 is 0. The van der Waals surface area contributed by atoms with Crippen molar-refractivity contribution >= 4 is 23.2 Å². The van der Waals surface area contributed by atoms with E-state index in [1.54, 1.807) is 18.2 Å². The van der Waals surface area contributed by atoms with Gasteiger partial charge in [0, 0.05) is 12.0 Å². The Hall–Kier alpha value is -2.57. The third kappa shape index (κ3) is 3.03. The SMILES string of the molecule is CCC1=NO[C@@H](CNC(=O)c2ccc3c(c2)OCC(=O)N3)C1. The lowest BCUT2D eigenvalue weighted by Crippen LogP contribution is -2.32. The molecule has 0 radical (unpaired) electrons. The number of nitrogens with zero attached hydrogens (tertiary/aromatic N) is 1. The van der Waals surface area contributed by atoms with Crippen molar-refractivity contribution in [3.63, 3.8) is 0 Å². The molecule has 2 aliphatic heterocycles. The average Bonchev–Trinajstić information content (AvgIpc) is 3.00. The highest BCUT2D eigenvalue weighted by Crippen LogP contribution is 2.28. The number of hydrogen-bond acceptors (Lipinski definition) is 5. The minimum absolute atomic E-state index is 0.0366. The second-order valence-corrected chi connectivity index (χ2v) is 5.20. The van der Waals surface area contributed by atoms with Crippen molar-refractivity contribution in [3.05, 3.63) is 23.8 Å². The number of oxime groups is 1. The summed E-state index contributed by atoms with van der Waals surface area (Å²) in [7, 11) is 0. The van der Waals surface area contributed by atoms with Crippen molar-refractivity contribution in [2.24, 2.45) is 5.16 Å². The van der Waals surface area contributed by atoms with Crippen molar-refractivity contribution in [3.8, 4) is 5.75 Å². The monoisotopic (exact) mass is 303 g/mol. The summed E-state index contributed by atoms with van der Waals surface area (Å²) in [5.74, 6) is 0.0904. The molecular formula is C15H17N3O4. The number of anilines is 1. The van der Waals surface area contributed by atoms with Crippen LogP contribution in [0.5, 0.6) is 5.75 Å². The summed E-state index contributed by atoms with van der Waals surface area (Å²) in [4.78, 5) is 28.6. The molecule has 3 rings (SSSR count). The number of amides is 2. The van der Waals surface area contributed by atoms with Gasteiger partial charge in [-0.25, -0.2) is 0 Å². The quantitative estimate of drug-likeness (QED) is 0.877. The van der Waals surface area contributed by atoms with Gasteiger partial charge >= 0.3 is 0 Å². The minimum atomic E-state index is -0.211. The van der Waals surface area contributed by atoms with Crippen LogP contribution in [0.4, 0.5) is 5.69 Å². The summed E-state index contributed by atoms with van der Waals surface area (Å²) in [6.07, 6.45) is 1.50. The summed E-state index contributed by atoms with van der Waals surface area (Å²) in [5.41, 5.74) is 2.06. The van der Waals surface area contributed by atoms with Gasteiger partial charge in [0.25, 0.3) is 11.8 Å². The maximum absolute atomic E-state index is 12.2. The van der Waals surface area contributed by atoms with E-state index in [4.69, 9.17) is 9.57 Å². The largest absolute Gasteiger partial charge is 0.482 e. The molecular weight excluding hydrogens is 286 g/mol. The highest BCUT2D eigenvalue weighted by Gasteiger charge is 2.21. The zero-order valence-corrected chi connectivity index (χ0v) is 12.2. The third-order valence-electron chi connectivity index (χ3n) is 3.57. The molecule has 116 valence electrons. The van der Waals surface area contributed by atoms with Gasteiger partial charge in [0.1, 0.15) is 11.9 Å². The molecule has 2 aliphatic rings. The first-order valence-corrected chi connectivity index (χ1v) is 7.22. The molecule has 2 N–H and O–H groups in total. The Morgan fingerprint density at radius 2 is 2.36 bits per heavy atom. The van der Waals surface area contributed by atoms with Crippen LogP contribution in [0.1, 0.15) is 30.1 Å². The Labute approximate surface area is 127 Å². The summed E-state index contributed by atoms with van der Waals surface area (Å²) in [6, 6.07) is 4.92. The molecule has 0 bridgehead atoms. The second-order valence-electron chi connectivity index (χ2n) is 5.20. The van der Waals surface area contributed by atoms with E-state index in [0.29, 0.717) is 23.5 Å². The lowest BCUT2D eigenvalue weighted by Gasteiger charge is -2.18. The minimum Gasteiger partial charge on any atom is -0.482 e. The standard InChI is InChI=1S/C15H17N3O4/c1-2-10-6-11(22-18-10)7-16-15(20)9-3-4-12-13(5-9)21-8-14(19)17-12/h3-5,11H,2,6-8H2,1H3,(H,16,20)(H,17,19)/t11-/m1/s1. The number of benzene rings is 1. The van der Waals surface area contributed by atoms with Crippen molar-refractivity contribution in [1.29, 1.82) is 0 Å². The molecule has 7 nitrogen and oxygen atoms in total. The van der Waals surface area contributed by atoms with E-state index in [2.05, 4.69) is 15.8 Å². The lowest BCUT2D eigenvalue weighted by molar-refractivity contribution is -0.118. The summed E-state index contributed by atoms with van der Waals surface area (Å²) in [5, 5.41) is 9.46. The number of fused-ring (bicyclic) bond motifs is 1. The smallest absolute Gasteiger partial charge is 0.262 e. The molecule has 7 heteroatoms. The predicted octanol–water partition coefficient (Wildman–Crippen LogP) is 1.30. The average molecular weight is 303 g/mol. The van der Waals surface area contributed by atoms with E-state index < -0.39 is 0 Å². The molecule has 1 aromatic rings. The van der Waals surface area contributed by atoms with Gasteiger partial charge in [-0.05, 0) is 24.6 Å². The van der Waals surface area contributed by atoms with E-state index in [1.165, 1.54) is 0 Å². The molecule has 1 atom stereocenters. The van der Waals surface area contributed by atoms with Crippen LogP contribution in [-0.2, 0) is 9.63 Å². The molecule has 0 saturated heterocycles. The zero-order valence-electron chi connectivity index (χ0n) is 12.2. The normalized spacial score (nSPS) is 19.4. The molecule has 0 aliphatic carbocycles. The molecule has 2 amide bonds. The molecule has 0 spiro atoms. The Balaban J connectivity index is 1.58. The first-order valence-electron chi connectivity index (χ1n) is 7.22. The molecule has 0 aromatic heterocycles. The Morgan fingerprint density at radius 3 is 3.14 bits per heavy atom. The molecule has 1 aromatic carbocycles. The van der Waals surface area contributed by atoms with Crippen LogP contribution in [0.25, 0.3) is 0 Å². The molecule has 2 heterocycles. The highest BCUT2D eigenvalue weighted by atomic mass is 16.6. The lowest BCUT2D eigenvalue weighted by atomic mass is 10.1. The van der Waals surface area contributed by atoms with Gasteiger partial charge < -0.3 is 20.2 Å². The number of nitrogens with one attached hydrogen (secondary N) is 2. The number of hydrogen-bond donors (Lipinski definition) is 2. The van der Waals surface area contributed by atoms with Crippen molar-refractivity contribution in [2.75, 3.05) is 18.5 Å². The molecule has 0 saturated carbocycles. The third-order valence-corrected chi connectivity index (χ3v) is 3.57. The zero-order chi connectivity index (χ0) is 15.5. The maximum atomic E-state index is 12.2. The van der Waals surface area contributed by atoms with Crippen LogP contribution in [0.3, 0.4) is 0 Å². The van der Waals surface area contributed by atoms with Crippen LogP contribution in [-0.4, -0.2) is 36.8 Å². The Morgan fingerprint density at radius 1 is 1.50 bits per heavy atom. The first kappa shape index (κ1) is 14.4. The van der Waals surface area contributed by atoms with E-state index in [-0.39, 0.29) is 24.5 Å². The van der Waals surface area contributed by atoms with Crippen molar-refractivity contribution in [2.45, 2.75) is 25.9 Å². The van der Waals surface area contributed by atoms with Crippen LogP contribution in [0.2, 0.25) is 0 Å². The van der Waals surface area contributed by atoms with E-state index in [9.17, 15) is 9.59 Å². The number of carbonyl (C=O) groups excluding carboxylic acids is 2. The van der Waals surface area contributed by atoms with Gasteiger partial charge in [-0.3, -0.25) is 9.59 Å². The summed E-state index contributed by atoms with van der Waals surface area (Å²) in [6.45, 7) is 2.39. The second kappa shape index (κ2) is 6.05. The van der Waals surface area contributed by atoms with E-state index in [1.807, 2.05) is 6.92 Å². The fourth-order valence-electron chi connectivity index (χ4n) is 2.33. The Bertz CT molecular complexity index is 642. The Kier molecular flexibility index (Phi) is 3.95. The summed E-state index contributed by atoms with van der Waals surface area (Å²) < 4.78 is 5.30. The number of carbonyl (C=O) groups is 2. The fraction of sp³-hybridized carbons (Fsp3) is 0.400. The molecule has 0 unspecified atom stereocenters. The van der Waals surface area contributed by atoms with Gasteiger partial charge in [0.05, 0.1) is 17.9 Å². The van der Waals surface area contributed by atoms with Gasteiger partial charge in [-0.15, -0.1) is 0 Å². The molecule has 0 fully saturated rings. The fourth-order valence-corrected chi connectivity index (χ4v) is 2.33. The van der Waals surface area contributed by atoms with Gasteiger partial charge in [0.15, 0.2) is 6.61 Å². The number of ether oxygens (including phenoxy) is 1. The van der Waals surface area contributed by atoms with Crippen LogP contribution >= 0.6 is 0 Å². The van der Waals surface area contributed by atoms with Crippen LogP contribution < -0.4 is 15.4 Å². The van der Waals surface area contributed by atoms with Gasteiger partial charge in [-0.1, -0.05) is 12.1 Å². The predicted molar refractivity (Wildman–Crippen MR) is 80.1 cm³/mol. The van der Waals surface area contributed by atoms with Crippen LogP contribution in [0.15, 0.2) is 23.4 Å². The first-order chi connectivity index (χ1) is 10.7.